The molecule has 0 N–H and O–H groups in total. The fourth-order valence-electron chi connectivity index (χ4n) is 4.13. The number of aromatic nitrogens is 2. The van der Waals surface area contributed by atoms with Crippen molar-refractivity contribution in [3.05, 3.63) is 60.2 Å². The molecule has 1 spiro atoms. The van der Waals surface area contributed by atoms with E-state index in [1.54, 1.807) is 18.5 Å². The summed E-state index contributed by atoms with van der Waals surface area (Å²) in [5, 5.41) is 0. The summed E-state index contributed by atoms with van der Waals surface area (Å²) in [5.74, 6) is 0.0219. The molecule has 2 aromatic heterocycles. The number of ether oxygens (including phenoxy) is 1. The zero-order chi connectivity index (χ0) is 18.7. The van der Waals surface area contributed by atoms with Crippen molar-refractivity contribution in [1.29, 1.82) is 0 Å². The molecule has 0 aromatic carbocycles. The van der Waals surface area contributed by atoms with Gasteiger partial charge in [-0.25, -0.2) is 0 Å². The van der Waals surface area contributed by atoms with Crippen LogP contribution in [0, 0.1) is 0 Å². The molecule has 6 nitrogen and oxygen atoms in total. The normalized spacial score (nSPS) is 21.7. The molecule has 2 aliphatic rings. The van der Waals surface area contributed by atoms with Crippen molar-refractivity contribution >= 4 is 5.91 Å². The number of amides is 1. The van der Waals surface area contributed by atoms with Crippen LogP contribution in [0.4, 0.5) is 0 Å². The highest BCUT2D eigenvalue weighted by Gasteiger charge is 2.44. The van der Waals surface area contributed by atoms with Crippen molar-refractivity contribution in [3.8, 4) is 0 Å². The van der Waals surface area contributed by atoms with Crippen molar-refractivity contribution in [3.63, 3.8) is 0 Å². The molecule has 0 radical (unpaired) electrons. The molecular weight excluding hydrogens is 340 g/mol. The zero-order valence-corrected chi connectivity index (χ0v) is 15.8. The molecule has 27 heavy (non-hydrogen) atoms. The Bertz CT molecular complexity index is 760. The standard InChI is InChI=1S/C21H26N4O2/c1-24(15-17-5-4-9-22-14-17)18-13-21(27-16-18)7-11-25(12-8-21)20(26)19-6-2-3-10-23-19/h2-6,9-10,14,18H,7-8,11-13,15-16H2,1H3. The minimum absolute atomic E-state index is 0.0219. The van der Waals surface area contributed by atoms with Crippen LogP contribution >= 0.6 is 0 Å². The number of carbonyl (C=O) groups excluding carboxylic acids is 1. The van der Waals surface area contributed by atoms with Gasteiger partial charge in [-0.15, -0.1) is 0 Å². The van der Waals surface area contributed by atoms with Gasteiger partial charge in [0.2, 0.25) is 0 Å². The molecule has 142 valence electrons. The minimum Gasteiger partial charge on any atom is -0.373 e. The molecule has 1 amide bonds. The van der Waals surface area contributed by atoms with Gasteiger partial charge in [0.25, 0.3) is 5.91 Å². The number of rotatable bonds is 4. The largest absolute Gasteiger partial charge is 0.373 e. The quantitative estimate of drug-likeness (QED) is 0.831. The van der Waals surface area contributed by atoms with Crippen molar-refractivity contribution in [2.45, 2.75) is 37.5 Å². The highest BCUT2D eigenvalue weighted by Crippen LogP contribution is 2.37. The van der Waals surface area contributed by atoms with Crippen molar-refractivity contribution in [2.24, 2.45) is 0 Å². The fourth-order valence-corrected chi connectivity index (χ4v) is 4.13. The Morgan fingerprint density at radius 3 is 2.81 bits per heavy atom. The van der Waals surface area contributed by atoms with E-state index in [2.05, 4.69) is 28.0 Å². The Kier molecular flexibility index (Phi) is 5.18. The Hall–Kier alpha value is -2.31. The predicted molar refractivity (Wildman–Crippen MR) is 102 cm³/mol. The van der Waals surface area contributed by atoms with Gasteiger partial charge in [-0.1, -0.05) is 12.1 Å². The average Bonchev–Trinajstić information content (AvgIpc) is 3.13. The smallest absolute Gasteiger partial charge is 0.272 e. The third-order valence-electron chi connectivity index (χ3n) is 5.81. The molecule has 0 bridgehead atoms. The molecule has 1 unspecified atom stereocenters. The summed E-state index contributed by atoms with van der Waals surface area (Å²) >= 11 is 0. The monoisotopic (exact) mass is 366 g/mol. The molecule has 2 saturated heterocycles. The van der Waals surface area contributed by atoms with Crippen LogP contribution in [0.25, 0.3) is 0 Å². The first kappa shape index (κ1) is 18.1. The number of carbonyl (C=O) groups is 1. The van der Waals surface area contributed by atoms with E-state index < -0.39 is 0 Å². The lowest BCUT2D eigenvalue weighted by molar-refractivity contribution is -0.0394. The lowest BCUT2D eigenvalue weighted by Crippen LogP contribution is -2.47. The maximum absolute atomic E-state index is 12.6. The number of nitrogens with zero attached hydrogens (tertiary/aromatic N) is 4. The van der Waals surface area contributed by atoms with Gasteiger partial charge in [0.15, 0.2) is 0 Å². The van der Waals surface area contributed by atoms with E-state index in [4.69, 9.17) is 4.74 Å². The van der Waals surface area contributed by atoms with Gasteiger partial charge in [0.1, 0.15) is 5.69 Å². The Labute approximate surface area is 160 Å². The third kappa shape index (κ3) is 4.01. The molecule has 2 aliphatic heterocycles. The minimum atomic E-state index is -0.0885. The van der Waals surface area contributed by atoms with Crippen LogP contribution in [0.1, 0.15) is 35.3 Å². The van der Waals surface area contributed by atoms with E-state index in [-0.39, 0.29) is 11.5 Å². The summed E-state index contributed by atoms with van der Waals surface area (Å²) < 4.78 is 6.28. The van der Waals surface area contributed by atoms with Gasteiger partial charge in [-0.3, -0.25) is 19.7 Å². The summed E-state index contributed by atoms with van der Waals surface area (Å²) in [6, 6.07) is 9.96. The topological polar surface area (TPSA) is 58.6 Å². The zero-order valence-electron chi connectivity index (χ0n) is 15.8. The second kappa shape index (κ2) is 7.74. The number of likely N-dealkylation sites (N-methyl/N-ethyl adjacent to an activating group) is 1. The van der Waals surface area contributed by atoms with Crippen LogP contribution in [0.3, 0.4) is 0 Å². The van der Waals surface area contributed by atoms with Crippen LogP contribution < -0.4 is 0 Å². The molecular formula is C21H26N4O2. The Morgan fingerprint density at radius 1 is 1.26 bits per heavy atom. The van der Waals surface area contributed by atoms with E-state index in [0.717, 1.165) is 45.5 Å². The van der Waals surface area contributed by atoms with Crippen LogP contribution in [-0.2, 0) is 11.3 Å². The van der Waals surface area contributed by atoms with E-state index in [9.17, 15) is 4.79 Å². The van der Waals surface area contributed by atoms with Gasteiger partial charge in [0, 0.05) is 44.3 Å². The van der Waals surface area contributed by atoms with Gasteiger partial charge in [0.05, 0.1) is 12.2 Å². The maximum atomic E-state index is 12.6. The highest BCUT2D eigenvalue weighted by atomic mass is 16.5. The van der Waals surface area contributed by atoms with Crippen molar-refractivity contribution in [2.75, 3.05) is 26.7 Å². The number of hydrogen-bond donors (Lipinski definition) is 0. The first-order valence-electron chi connectivity index (χ1n) is 9.59. The van der Waals surface area contributed by atoms with Crippen molar-refractivity contribution in [1.82, 2.24) is 19.8 Å². The van der Waals surface area contributed by atoms with Crippen LogP contribution in [0.5, 0.6) is 0 Å². The number of hydrogen-bond acceptors (Lipinski definition) is 5. The molecule has 6 heteroatoms. The first-order valence-corrected chi connectivity index (χ1v) is 9.59. The van der Waals surface area contributed by atoms with E-state index in [1.807, 2.05) is 29.3 Å². The Morgan fingerprint density at radius 2 is 2.11 bits per heavy atom. The molecule has 2 aromatic rings. The predicted octanol–water partition coefficient (Wildman–Crippen LogP) is 2.37. The highest BCUT2D eigenvalue weighted by molar-refractivity contribution is 5.92. The summed E-state index contributed by atoms with van der Waals surface area (Å²) in [5.41, 5.74) is 1.65. The maximum Gasteiger partial charge on any atom is 0.272 e. The summed E-state index contributed by atoms with van der Waals surface area (Å²) in [6.45, 7) is 3.09. The third-order valence-corrected chi connectivity index (χ3v) is 5.81. The van der Waals surface area contributed by atoms with E-state index in [0.29, 0.717) is 11.7 Å². The molecule has 1 atom stereocenters. The SMILES string of the molecule is CN(Cc1cccnc1)C1COC2(CCN(C(=O)c3ccccn3)CC2)C1. The summed E-state index contributed by atoms with van der Waals surface area (Å²) in [6.07, 6.45) is 8.20. The molecule has 4 rings (SSSR count). The van der Waals surface area contributed by atoms with Gasteiger partial charge in [-0.05, 0) is 50.1 Å². The summed E-state index contributed by atoms with van der Waals surface area (Å²) in [7, 11) is 2.15. The Balaban J connectivity index is 1.32. The molecule has 0 saturated carbocycles. The van der Waals surface area contributed by atoms with Gasteiger partial charge < -0.3 is 9.64 Å². The second-order valence-corrected chi connectivity index (χ2v) is 7.64. The van der Waals surface area contributed by atoms with E-state index in [1.165, 1.54) is 5.56 Å². The number of pyridine rings is 2. The lowest BCUT2D eigenvalue weighted by atomic mass is 9.87. The number of piperidine rings is 1. The molecule has 4 heterocycles. The average molecular weight is 366 g/mol. The van der Waals surface area contributed by atoms with Crippen LogP contribution in [0.2, 0.25) is 0 Å². The van der Waals surface area contributed by atoms with Crippen molar-refractivity contribution < 1.29 is 9.53 Å². The fraction of sp³-hybridized carbons (Fsp3) is 0.476. The van der Waals surface area contributed by atoms with Gasteiger partial charge in [-0.2, -0.15) is 0 Å². The molecule has 2 fully saturated rings. The van der Waals surface area contributed by atoms with E-state index >= 15 is 0 Å². The lowest BCUT2D eigenvalue weighted by Gasteiger charge is -2.38. The van der Waals surface area contributed by atoms with Crippen LogP contribution in [0.15, 0.2) is 48.9 Å². The second-order valence-electron chi connectivity index (χ2n) is 7.64. The molecule has 0 aliphatic carbocycles. The summed E-state index contributed by atoms with van der Waals surface area (Å²) in [4.78, 5) is 25.2. The van der Waals surface area contributed by atoms with Crippen LogP contribution in [-0.4, -0.2) is 64.1 Å². The van der Waals surface area contributed by atoms with Gasteiger partial charge >= 0.3 is 0 Å². The number of likely N-dealkylation sites (tertiary alicyclic amines) is 1. The first-order chi connectivity index (χ1) is 13.2.